The van der Waals surface area contributed by atoms with Crippen LogP contribution in [0.3, 0.4) is 0 Å². The van der Waals surface area contributed by atoms with E-state index in [0.717, 1.165) is 12.5 Å². The number of benzene rings is 1. The van der Waals surface area contributed by atoms with E-state index in [2.05, 4.69) is 0 Å². The van der Waals surface area contributed by atoms with E-state index >= 15 is 0 Å². The van der Waals surface area contributed by atoms with Gasteiger partial charge in [0.15, 0.2) is 0 Å². The molecule has 0 aromatic heterocycles. The van der Waals surface area contributed by atoms with Gasteiger partial charge in [0.2, 0.25) is 0 Å². The van der Waals surface area contributed by atoms with Crippen molar-refractivity contribution >= 4 is 5.91 Å². The summed E-state index contributed by atoms with van der Waals surface area (Å²) in [5, 5.41) is 1.88. The lowest BCUT2D eigenvalue weighted by Crippen LogP contribution is -2.43. The Kier molecular flexibility index (Phi) is 4.11. The van der Waals surface area contributed by atoms with Gasteiger partial charge in [-0.25, -0.2) is 0 Å². The fourth-order valence-electron chi connectivity index (χ4n) is 1.15. The summed E-state index contributed by atoms with van der Waals surface area (Å²) in [6.45, 7) is 1.22. The van der Waals surface area contributed by atoms with Crippen LogP contribution >= 0.6 is 0 Å². The monoisotopic (exact) mass is 246 g/mol. The molecular formula is C11H13F3N2O. The Morgan fingerprint density at radius 3 is 2.29 bits per heavy atom. The number of hydrogen-bond acceptors (Lipinski definition) is 2. The van der Waals surface area contributed by atoms with Crippen LogP contribution in [0.1, 0.15) is 22.8 Å². The topological polar surface area (TPSA) is 55.1 Å². The Labute approximate surface area is 96.8 Å². The zero-order valence-corrected chi connectivity index (χ0v) is 9.21. The fraction of sp³-hybridized carbons (Fsp3) is 0.364. The van der Waals surface area contributed by atoms with Gasteiger partial charge in [-0.1, -0.05) is 12.1 Å². The summed E-state index contributed by atoms with van der Waals surface area (Å²) in [6, 6.07) is 4.23. The molecule has 1 amide bonds. The van der Waals surface area contributed by atoms with Crippen LogP contribution in [-0.2, 0) is 6.54 Å². The van der Waals surface area contributed by atoms with Crippen molar-refractivity contribution in [3.63, 3.8) is 0 Å². The predicted molar refractivity (Wildman–Crippen MR) is 57.3 cm³/mol. The smallest absolute Gasteiger partial charge is 0.341 e. The molecule has 0 heterocycles. The molecule has 0 radical (unpaired) electrons. The maximum absolute atomic E-state index is 12.2. The molecule has 0 aliphatic carbocycles. The Morgan fingerprint density at radius 2 is 1.88 bits per heavy atom. The molecule has 3 N–H and O–H groups in total. The fourth-order valence-corrected chi connectivity index (χ4v) is 1.15. The minimum atomic E-state index is -4.44. The molecule has 1 atom stereocenters. The average Bonchev–Trinajstić information content (AvgIpc) is 2.27. The number of alkyl halides is 3. The highest BCUT2D eigenvalue weighted by Gasteiger charge is 2.37. The minimum Gasteiger partial charge on any atom is -0.341 e. The van der Waals surface area contributed by atoms with Gasteiger partial charge < -0.3 is 11.1 Å². The van der Waals surface area contributed by atoms with Crippen LogP contribution in [0.2, 0.25) is 0 Å². The molecule has 0 spiro atoms. The number of nitrogens with two attached hydrogens (primary N) is 1. The van der Waals surface area contributed by atoms with Crippen molar-refractivity contribution in [1.82, 2.24) is 5.32 Å². The summed E-state index contributed by atoms with van der Waals surface area (Å²) in [4.78, 5) is 11.5. The molecule has 0 fully saturated rings. The Morgan fingerprint density at radius 1 is 1.35 bits per heavy atom. The van der Waals surface area contributed by atoms with Crippen LogP contribution in [0.25, 0.3) is 0 Å². The molecule has 1 aromatic rings. The maximum Gasteiger partial charge on any atom is 0.408 e. The first kappa shape index (κ1) is 13.5. The molecule has 94 valence electrons. The van der Waals surface area contributed by atoms with Crippen molar-refractivity contribution in [3.05, 3.63) is 35.4 Å². The second-order valence-electron chi connectivity index (χ2n) is 3.64. The summed E-state index contributed by atoms with van der Waals surface area (Å²) >= 11 is 0. The van der Waals surface area contributed by atoms with Crippen LogP contribution in [0.5, 0.6) is 0 Å². The average molecular weight is 246 g/mol. The molecular weight excluding hydrogens is 233 g/mol. The number of hydrogen-bond donors (Lipinski definition) is 2. The molecule has 0 aliphatic rings. The molecule has 17 heavy (non-hydrogen) atoms. The van der Waals surface area contributed by atoms with Gasteiger partial charge in [-0.3, -0.25) is 4.79 Å². The highest BCUT2D eigenvalue weighted by atomic mass is 19.4. The van der Waals surface area contributed by atoms with E-state index in [1.54, 1.807) is 12.1 Å². The quantitative estimate of drug-likeness (QED) is 0.854. The number of amides is 1. The highest BCUT2D eigenvalue weighted by Crippen LogP contribution is 2.19. The largest absolute Gasteiger partial charge is 0.408 e. The third-order valence-electron chi connectivity index (χ3n) is 2.29. The number of carbonyl (C=O) groups is 1. The molecule has 1 rings (SSSR count). The van der Waals surface area contributed by atoms with Crippen LogP contribution in [0, 0.1) is 0 Å². The standard InChI is InChI=1S/C11H13F3N2O/c1-7(11(12,13)14)16-10(17)9-4-2-8(6-15)3-5-9/h2-5,7H,6,15H2,1H3,(H,16,17). The summed E-state index contributed by atoms with van der Waals surface area (Å²) in [7, 11) is 0. The number of rotatable bonds is 3. The van der Waals surface area contributed by atoms with Gasteiger partial charge in [0.25, 0.3) is 5.91 Å². The minimum absolute atomic E-state index is 0.179. The highest BCUT2D eigenvalue weighted by molar-refractivity contribution is 5.94. The maximum atomic E-state index is 12.2. The molecule has 3 nitrogen and oxygen atoms in total. The first-order valence-corrected chi connectivity index (χ1v) is 5.01. The van der Waals surface area contributed by atoms with E-state index in [-0.39, 0.29) is 5.56 Å². The number of carbonyl (C=O) groups excluding carboxylic acids is 1. The Balaban J connectivity index is 2.70. The summed E-state index contributed by atoms with van der Waals surface area (Å²) in [6.07, 6.45) is -4.44. The van der Waals surface area contributed by atoms with E-state index in [1.165, 1.54) is 12.1 Å². The van der Waals surface area contributed by atoms with Gasteiger partial charge in [-0.15, -0.1) is 0 Å². The van der Waals surface area contributed by atoms with Crippen molar-refractivity contribution < 1.29 is 18.0 Å². The second kappa shape index (κ2) is 5.18. The molecule has 0 aliphatic heterocycles. The van der Waals surface area contributed by atoms with E-state index in [1.807, 2.05) is 5.32 Å². The second-order valence-corrected chi connectivity index (χ2v) is 3.64. The van der Waals surface area contributed by atoms with E-state index < -0.39 is 18.1 Å². The lowest BCUT2D eigenvalue weighted by molar-refractivity contribution is -0.149. The molecule has 6 heteroatoms. The van der Waals surface area contributed by atoms with E-state index in [9.17, 15) is 18.0 Å². The summed E-state index contributed by atoms with van der Waals surface area (Å²) in [5.74, 6) is -0.751. The van der Waals surface area contributed by atoms with Crippen molar-refractivity contribution in [1.29, 1.82) is 0 Å². The Bertz CT molecular complexity index is 387. The first-order chi connectivity index (χ1) is 7.84. The van der Waals surface area contributed by atoms with Crippen molar-refractivity contribution in [2.75, 3.05) is 0 Å². The lowest BCUT2D eigenvalue weighted by atomic mass is 10.1. The van der Waals surface area contributed by atoms with Gasteiger partial charge in [-0.2, -0.15) is 13.2 Å². The lowest BCUT2D eigenvalue weighted by Gasteiger charge is -2.17. The van der Waals surface area contributed by atoms with Crippen LogP contribution in [-0.4, -0.2) is 18.1 Å². The normalized spacial score (nSPS) is 13.2. The first-order valence-electron chi connectivity index (χ1n) is 5.01. The number of halogens is 3. The van der Waals surface area contributed by atoms with Gasteiger partial charge >= 0.3 is 6.18 Å². The zero-order chi connectivity index (χ0) is 13.1. The predicted octanol–water partition coefficient (Wildman–Crippen LogP) is 1.83. The Hall–Kier alpha value is -1.56. The molecule has 0 saturated carbocycles. The van der Waals surface area contributed by atoms with Crippen molar-refractivity contribution in [2.45, 2.75) is 25.7 Å². The van der Waals surface area contributed by atoms with Gasteiger partial charge in [0.05, 0.1) is 0 Å². The van der Waals surface area contributed by atoms with Gasteiger partial charge in [-0.05, 0) is 24.6 Å². The third-order valence-corrected chi connectivity index (χ3v) is 2.29. The van der Waals surface area contributed by atoms with E-state index in [4.69, 9.17) is 5.73 Å². The van der Waals surface area contributed by atoms with Gasteiger partial charge in [0.1, 0.15) is 6.04 Å². The van der Waals surface area contributed by atoms with Crippen LogP contribution in [0.4, 0.5) is 13.2 Å². The van der Waals surface area contributed by atoms with Gasteiger partial charge in [0, 0.05) is 12.1 Å². The van der Waals surface area contributed by atoms with Crippen molar-refractivity contribution in [3.8, 4) is 0 Å². The molecule has 0 bridgehead atoms. The summed E-state index contributed by atoms with van der Waals surface area (Å²) in [5.41, 5.74) is 6.35. The van der Waals surface area contributed by atoms with E-state index in [0.29, 0.717) is 6.54 Å². The van der Waals surface area contributed by atoms with Crippen molar-refractivity contribution in [2.24, 2.45) is 5.73 Å². The number of nitrogens with one attached hydrogen (secondary N) is 1. The summed E-state index contributed by atoms with van der Waals surface area (Å²) < 4.78 is 36.6. The SMILES string of the molecule is CC(NC(=O)c1ccc(CN)cc1)C(F)(F)F. The molecule has 1 unspecified atom stereocenters. The third kappa shape index (κ3) is 3.74. The van der Waals surface area contributed by atoms with Crippen LogP contribution in [0.15, 0.2) is 24.3 Å². The zero-order valence-electron chi connectivity index (χ0n) is 9.21. The van der Waals surface area contributed by atoms with Crippen LogP contribution < -0.4 is 11.1 Å². The molecule has 1 aromatic carbocycles. The molecule has 0 saturated heterocycles.